The van der Waals surface area contributed by atoms with Gasteiger partial charge in [0.15, 0.2) is 53.0 Å². The summed E-state index contributed by atoms with van der Waals surface area (Å²) in [6.07, 6.45) is -8.00. The monoisotopic (exact) mass is 512 g/mol. The number of aliphatic hydroxyl groups is 2. The molecule has 1 saturated heterocycles. The van der Waals surface area contributed by atoms with Crippen molar-refractivity contribution < 1.29 is 69.4 Å². The molecule has 1 aliphatic rings. The standard InChI is InChI=1S/C22H24O14/c1-2-33-22-19(36-21(32)9-5-12(26)16(29)13(27)6-9)18(17(30)14(7-23)34-22)35-20(31)8-3-10(24)15(28)11(25)4-8/h3-6,14,17-19,22-30H,2,7H2,1H3/t14-,17-,18+,19-,22-/m1/s1. The SMILES string of the molecule is CCO[C@@H]1O[C@H](CO)[C@@H](O)[C@H](OC(=O)c2cc(O)c(O)c(O)c2)[C@H]1OC(=O)c1cc(O)c(O)c(O)c1. The van der Waals surface area contributed by atoms with Gasteiger partial charge in [-0.2, -0.15) is 0 Å². The molecular weight excluding hydrogens is 488 g/mol. The molecule has 0 amide bonds. The van der Waals surface area contributed by atoms with Gasteiger partial charge < -0.3 is 59.8 Å². The number of esters is 2. The van der Waals surface area contributed by atoms with Gasteiger partial charge in [0.05, 0.1) is 17.7 Å². The summed E-state index contributed by atoms with van der Waals surface area (Å²) in [5.41, 5.74) is -0.885. The van der Waals surface area contributed by atoms with E-state index < -0.39 is 94.9 Å². The van der Waals surface area contributed by atoms with Crippen LogP contribution in [0.3, 0.4) is 0 Å². The Kier molecular flexibility index (Phi) is 7.94. The minimum Gasteiger partial charge on any atom is -0.504 e. The fourth-order valence-corrected chi connectivity index (χ4v) is 3.43. The first-order valence-electron chi connectivity index (χ1n) is 10.5. The molecule has 8 N–H and O–H groups in total. The first-order chi connectivity index (χ1) is 17.0. The number of rotatable bonds is 7. The second-order valence-corrected chi connectivity index (χ2v) is 7.64. The molecule has 1 fully saturated rings. The lowest BCUT2D eigenvalue weighted by Crippen LogP contribution is -2.61. The maximum absolute atomic E-state index is 12.8. The molecule has 1 aliphatic heterocycles. The van der Waals surface area contributed by atoms with Crippen molar-refractivity contribution in [3.63, 3.8) is 0 Å². The van der Waals surface area contributed by atoms with Gasteiger partial charge in [-0.3, -0.25) is 0 Å². The van der Waals surface area contributed by atoms with E-state index in [9.17, 15) is 50.4 Å². The molecule has 3 rings (SSSR count). The van der Waals surface area contributed by atoms with E-state index in [4.69, 9.17) is 18.9 Å². The van der Waals surface area contributed by atoms with Gasteiger partial charge in [0.25, 0.3) is 0 Å². The molecule has 0 aromatic heterocycles. The maximum Gasteiger partial charge on any atom is 0.339 e. The normalized spacial score (nSPS) is 23.7. The molecule has 14 nitrogen and oxygen atoms in total. The zero-order valence-electron chi connectivity index (χ0n) is 18.6. The van der Waals surface area contributed by atoms with Gasteiger partial charge in [-0.15, -0.1) is 0 Å². The molecule has 0 spiro atoms. The Balaban J connectivity index is 1.95. The molecule has 36 heavy (non-hydrogen) atoms. The molecule has 0 unspecified atom stereocenters. The number of hydrogen-bond acceptors (Lipinski definition) is 14. The predicted octanol–water partition coefficient (Wildman–Crippen LogP) is -0.214. The number of carbonyl (C=O) groups excluding carboxylic acids is 2. The highest BCUT2D eigenvalue weighted by molar-refractivity contribution is 5.92. The van der Waals surface area contributed by atoms with Crippen LogP contribution in [0.1, 0.15) is 27.6 Å². The van der Waals surface area contributed by atoms with Gasteiger partial charge in [-0.05, 0) is 31.2 Å². The second-order valence-electron chi connectivity index (χ2n) is 7.64. The van der Waals surface area contributed by atoms with E-state index >= 15 is 0 Å². The van der Waals surface area contributed by atoms with E-state index in [-0.39, 0.29) is 6.61 Å². The first-order valence-corrected chi connectivity index (χ1v) is 10.5. The van der Waals surface area contributed by atoms with Gasteiger partial charge in [0.1, 0.15) is 12.2 Å². The van der Waals surface area contributed by atoms with E-state index in [1.165, 1.54) is 0 Å². The van der Waals surface area contributed by atoms with Gasteiger partial charge >= 0.3 is 11.9 Å². The molecule has 196 valence electrons. The quantitative estimate of drug-likeness (QED) is 0.177. The third-order valence-corrected chi connectivity index (χ3v) is 5.23. The highest BCUT2D eigenvalue weighted by Gasteiger charge is 2.50. The van der Waals surface area contributed by atoms with Crippen LogP contribution in [0.25, 0.3) is 0 Å². The average molecular weight is 512 g/mol. The number of carbonyl (C=O) groups is 2. The number of aliphatic hydroxyl groups excluding tert-OH is 2. The van der Waals surface area contributed by atoms with Crippen molar-refractivity contribution in [3.05, 3.63) is 35.4 Å². The highest BCUT2D eigenvalue weighted by atomic mass is 16.7. The van der Waals surface area contributed by atoms with Crippen molar-refractivity contribution in [2.45, 2.75) is 37.6 Å². The van der Waals surface area contributed by atoms with Crippen molar-refractivity contribution in [1.29, 1.82) is 0 Å². The molecule has 0 radical (unpaired) electrons. The number of hydrogen-bond donors (Lipinski definition) is 8. The Labute approximate surface area is 202 Å². The molecule has 2 aromatic rings. The van der Waals surface area contributed by atoms with Crippen molar-refractivity contribution >= 4 is 11.9 Å². The number of ether oxygens (including phenoxy) is 4. The number of benzene rings is 2. The Morgan fingerprint density at radius 3 is 1.61 bits per heavy atom. The Bertz CT molecular complexity index is 1010. The van der Waals surface area contributed by atoms with Gasteiger partial charge in [-0.25, -0.2) is 9.59 Å². The molecule has 1 heterocycles. The fourth-order valence-electron chi connectivity index (χ4n) is 3.43. The van der Waals surface area contributed by atoms with Crippen molar-refractivity contribution in [1.82, 2.24) is 0 Å². The molecular formula is C22H24O14. The minimum absolute atomic E-state index is 0.00583. The lowest BCUT2D eigenvalue weighted by Gasteiger charge is -2.42. The van der Waals surface area contributed by atoms with Crippen LogP contribution in [0.4, 0.5) is 0 Å². The highest BCUT2D eigenvalue weighted by Crippen LogP contribution is 2.37. The van der Waals surface area contributed by atoms with E-state index in [2.05, 4.69) is 0 Å². The molecule has 0 saturated carbocycles. The lowest BCUT2D eigenvalue weighted by molar-refractivity contribution is -0.298. The van der Waals surface area contributed by atoms with E-state index in [1.807, 2.05) is 0 Å². The summed E-state index contributed by atoms with van der Waals surface area (Å²) < 4.78 is 21.4. The molecule has 2 aromatic carbocycles. The smallest absolute Gasteiger partial charge is 0.339 e. The maximum atomic E-state index is 12.8. The second kappa shape index (κ2) is 10.7. The predicted molar refractivity (Wildman–Crippen MR) is 115 cm³/mol. The summed E-state index contributed by atoms with van der Waals surface area (Å²) in [6.45, 7) is 0.800. The number of phenols is 6. The summed E-state index contributed by atoms with van der Waals surface area (Å²) in [4.78, 5) is 25.5. The summed E-state index contributed by atoms with van der Waals surface area (Å²) in [5, 5.41) is 77.9. The molecule has 0 aliphatic carbocycles. The fraction of sp³-hybridized carbons (Fsp3) is 0.364. The van der Waals surface area contributed by atoms with Crippen LogP contribution in [-0.2, 0) is 18.9 Å². The third kappa shape index (κ3) is 5.31. The van der Waals surface area contributed by atoms with Crippen LogP contribution in [0.2, 0.25) is 0 Å². The lowest BCUT2D eigenvalue weighted by atomic mass is 9.98. The van der Waals surface area contributed by atoms with Crippen LogP contribution in [-0.4, -0.2) is 96.7 Å². The van der Waals surface area contributed by atoms with Crippen molar-refractivity contribution in [3.8, 4) is 34.5 Å². The molecule has 5 atom stereocenters. The number of aromatic hydroxyl groups is 6. The van der Waals surface area contributed by atoms with Crippen LogP contribution in [0.15, 0.2) is 24.3 Å². The summed E-state index contributed by atoms with van der Waals surface area (Å²) in [5.74, 6) is -7.57. The van der Waals surface area contributed by atoms with Gasteiger partial charge in [-0.1, -0.05) is 0 Å². The largest absolute Gasteiger partial charge is 0.504 e. The van der Waals surface area contributed by atoms with Crippen LogP contribution >= 0.6 is 0 Å². The first kappa shape index (κ1) is 26.6. The van der Waals surface area contributed by atoms with Gasteiger partial charge in [0, 0.05) is 6.61 Å². The summed E-state index contributed by atoms with van der Waals surface area (Å²) in [6, 6.07) is 3.12. The van der Waals surface area contributed by atoms with Crippen LogP contribution in [0, 0.1) is 0 Å². The van der Waals surface area contributed by atoms with Gasteiger partial charge in [0.2, 0.25) is 0 Å². The molecule has 0 bridgehead atoms. The number of phenolic OH excluding ortho intramolecular Hbond substituents is 6. The van der Waals surface area contributed by atoms with E-state index in [0.29, 0.717) is 0 Å². The van der Waals surface area contributed by atoms with Crippen LogP contribution < -0.4 is 0 Å². The van der Waals surface area contributed by atoms with E-state index in [0.717, 1.165) is 24.3 Å². The summed E-state index contributed by atoms with van der Waals surface area (Å²) in [7, 11) is 0. The molecule has 14 heteroatoms. The Morgan fingerprint density at radius 2 is 1.22 bits per heavy atom. The Morgan fingerprint density at radius 1 is 0.806 bits per heavy atom. The minimum atomic E-state index is -1.77. The zero-order valence-corrected chi connectivity index (χ0v) is 18.6. The van der Waals surface area contributed by atoms with Crippen molar-refractivity contribution in [2.75, 3.05) is 13.2 Å². The topological polar surface area (TPSA) is 233 Å². The zero-order chi connectivity index (χ0) is 26.7. The third-order valence-electron chi connectivity index (χ3n) is 5.23. The average Bonchev–Trinajstić information content (AvgIpc) is 2.83. The Hall–Kier alpha value is -3.98. The van der Waals surface area contributed by atoms with Crippen molar-refractivity contribution in [2.24, 2.45) is 0 Å². The summed E-state index contributed by atoms with van der Waals surface area (Å²) >= 11 is 0. The van der Waals surface area contributed by atoms with E-state index in [1.54, 1.807) is 6.92 Å². The van der Waals surface area contributed by atoms with Crippen LogP contribution in [0.5, 0.6) is 34.5 Å².